The molecule has 0 bridgehead atoms. The minimum absolute atomic E-state index is 0.0306. The van der Waals surface area contributed by atoms with Gasteiger partial charge in [0, 0.05) is 30.4 Å². The molecule has 9 heteroatoms. The van der Waals surface area contributed by atoms with E-state index in [9.17, 15) is 14.7 Å². The van der Waals surface area contributed by atoms with Crippen molar-refractivity contribution in [2.24, 2.45) is 5.73 Å². The van der Waals surface area contributed by atoms with E-state index >= 15 is 0 Å². The van der Waals surface area contributed by atoms with Gasteiger partial charge >= 0.3 is 12.1 Å². The van der Waals surface area contributed by atoms with Gasteiger partial charge in [0.25, 0.3) is 0 Å². The van der Waals surface area contributed by atoms with E-state index in [2.05, 4.69) is 4.90 Å². The Morgan fingerprint density at radius 2 is 2.07 bits per heavy atom. The molecule has 1 aromatic carbocycles. The molecule has 2 aliphatic rings. The van der Waals surface area contributed by atoms with E-state index in [1.54, 1.807) is 29.2 Å². The van der Waals surface area contributed by atoms with Crippen LogP contribution in [0.15, 0.2) is 24.3 Å². The highest BCUT2D eigenvalue weighted by atomic mass is 16.6. The predicted molar refractivity (Wildman–Crippen MR) is 107 cm³/mol. The summed E-state index contributed by atoms with van der Waals surface area (Å²) in [6.07, 6.45) is 0.575. The van der Waals surface area contributed by atoms with Crippen LogP contribution in [0.1, 0.15) is 38.2 Å². The summed E-state index contributed by atoms with van der Waals surface area (Å²) in [5.74, 6) is -1.02. The van der Waals surface area contributed by atoms with Crippen molar-refractivity contribution in [1.82, 2.24) is 4.90 Å². The number of rotatable bonds is 7. The number of hydrogen-bond donors (Lipinski definition) is 4. The molecule has 0 aliphatic carbocycles. The third kappa shape index (κ3) is 4.86. The Hall–Kier alpha value is -2.65. The van der Waals surface area contributed by atoms with Gasteiger partial charge in [0.05, 0.1) is 18.6 Å². The average molecular weight is 404 g/mol. The summed E-state index contributed by atoms with van der Waals surface area (Å²) in [5.41, 5.74) is 5.56. The Kier molecular flexibility index (Phi) is 6.09. The van der Waals surface area contributed by atoms with Crippen molar-refractivity contribution in [2.45, 2.75) is 50.4 Å². The Labute approximate surface area is 169 Å². The molecule has 3 rings (SSSR count). The van der Waals surface area contributed by atoms with E-state index in [4.69, 9.17) is 21.0 Å². The highest BCUT2D eigenvalue weighted by Gasteiger charge is 2.41. The van der Waals surface area contributed by atoms with Gasteiger partial charge in [-0.05, 0) is 43.5 Å². The van der Waals surface area contributed by atoms with E-state index in [0.717, 1.165) is 6.42 Å². The number of benzene rings is 1. The number of likely N-dealkylation sites (tertiary alicyclic amines) is 1. The Balaban J connectivity index is 1.62. The fraction of sp³-hybridized carbons (Fsp3) is 0.550. The lowest BCUT2D eigenvalue weighted by atomic mass is 9.83. The van der Waals surface area contributed by atoms with Gasteiger partial charge in [-0.15, -0.1) is 0 Å². The summed E-state index contributed by atoms with van der Waals surface area (Å²) in [6.45, 7) is 3.51. The first kappa shape index (κ1) is 21.1. The molecule has 1 aromatic rings. The number of carbonyl (C=O) groups is 2. The first-order valence-corrected chi connectivity index (χ1v) is 9.81. The van der Waals surface area contributed by atoms with E-state index in [1.807, 2.05) is 6.92 Å². The predicted octanol–water partition coefficient (Wildman–Crippen LogP) is 1.38. The Morgan fingerprint density at radius 1 is 1.38 bits per heavy atom. The van der Waals surface area contributed by atoms with Crippen LogP contribution in [-0.4, -0.2) is 70.4 Å². The van der Waals surface area contributed by atoms with Crippen molar-refractivity contribution in [1.29, 1.82) is 5.41 Å². The van der Waals surface area contributed by atoms with Crippen molar-refractivity contribution < 1.29 is 24.5 Å². The number of carboxylic acids is 1. The zero-order valence-electron chi connectivity index (χ0n) is 16.5. The standard InChI is InChI=1S/C20H28N4O5/c1-2-14-9-20(28,10-17(25)26)7-8-23(14)11-16-12-24(19(27)29-16)15-5-3-13(4-6-15)18(21)22/h3-6,14,16,28H,2,7-12H2,1H3,(H3,21,22)(H,25,26). The van der Waals surface area contributed by atoms with Crippen LogP contribution in [0.5, 0.6) is 0 Å². The molecule has 3 atom stereocenters. The van der Waals surface area contributed by atoms with Gasteiger partial charge in [0.2, 0.25) is 0 Å². The second-order valence-corrected chi connectivity index (χ2v) is 7.88. The molecule has 2 fully saturated rings. The number of carboxylic acid groups (broad SMARTS) is 1. The van der Waals surface area contributed by atoms with Crippen LogP contribution in [0, 0.1) is 5.41 Å². The highest BCUT2D eigenvalue weighted by Crippen LogP contribution is 2.32. The average Bonchev–Trinajstić information content (AvgIpc) is 3.03. The smallest absolute Gasteiger partial charge is 0.414 e. The van der Waals surface area contributed by atoms with Gasteiger partial charge in [-0.2, -0.15) is 0 Å². The van der Waals surface area contributed by atoms with Gasteiger partial charge in [-0.25, -0.2) is 4.79 Å². The number of piperidine rings is 1. The molecule has 2 saturated heterocycles. The van der Waals surface area contributed by atoms with Crippen LogP contribution in [0.3, 0.4) is 0 Å². The van der Waals surface area contributed by atoms with Crippen molar-refractivity contribution in [2.75, 3.05) is 24.5 Å². The van der Waals surface area contributed by atoms with E-state index in [0.29, 0.717) is 43.7 Å². The van der Waals surface area contributed by atoms with Crippen LogP contribution in [0.2, 0.25) is 0 Å². The molecular formula is C20H28N4O5. The lowest BCUT2D eigenvalue weighted by molar-refractivity contribution is -0.146. The Bertz CT molecular complexity index is 784. The number of cyclic esters (lactones) is 1. The quantitative estimate of drug-likeness (QED) is 0.397. The number of nitrogens with two attached hydrogens (primary N) is 1. The fourth-order valence-corrected chi connectivity index (χ4v) is 4.20. The largest absolute Gasteiger partial charge is 0.481 e. The number of carbonyl (C=O) groups excluding carboxylic acids is 1. The number of nitrogens with zero attached hydrogens (tertiary/aromatic N) is 2. The first-order valence-electron chi connectivity index (χ1n) is 9.81. The number of anilines is 1. The second-order valence-electron chi connectivity index (χ2n) is 7.88. The monoisotopic (exact) mass is 404 g/mol. The molecular weight excluding hydrogens is 376 g/mol. The molecule has 0 radical (unpaired) electrons. The molecule has 29 heavy (non-hydrogen) atoms. The number of hydrogen-bond acceptors (Lipinski definition) is 6. The number of amidine groups is 1. The fourth-order valence-electron chi connectivity index (χ4n) is 4.20. The molecule has 2 heterocycles. The van der Waals surface area contributed by atoms with Crippen molar-refractivity contribution >= 4 is 23.6 Å². The van der Waals surface area contributed by atoms with E-state index in [1.165, 1.54) is 0 Å². The normalized spacial score (nSPS) is 27.7. The molecule has 2 aliphatic heterocycles. The van der Waals surface area contributed by atoms with Gasteiger partial charge in [-0.1, -0.05) is 6.92 Å². The second kappa shape index (κ2) is 8.38. The number of ether oxygens (including phenoxy) is 1. The van der Waals surface area contributed by atoms with Crippen LogP contribution in [0.4, 0.5) is 10.5 Å². The van der Waals surface area contributed by atoms with Crippen molar-refractivity contribution in [3.8, 4) is 0 Å². The summed E-state index contributed by atoms with van der Waals surface area (Å²) in [4.78, 5) is 27.1. The molecule has 5 N–H and O–H groups in total. The van der Waals surface area contributed by atoms with Crippen molar-refractivity contribution in [3.05, 3.63) is 29.8 Å². The maximum Gasteiger partial charge on any atom is 0.414 e. The number of aliphatic hydroxyl groups is 1. The molecule has 0 saturated carbocycles. The molecule has 9 nitrogen and oxygen atoms in total. The van der Waals surface area contributed by atoms with Crippen LogP contribution >= 0.6 is 0 Å². The highest BCUT2D eigenvalue weighted by molar-refractivity contribution is 5.96. The number of amides is 1. The van der Waals surface area contributed by atoms with E-state index in [-0.39, 0.29) is 24.4 Å². The SMILES string of the molecule is CCC1CC(O)(CC(=O)O)CCN1CC1CN(c2ccc(C(=N)N)cc2)C(=O)O1. The molecule has 1 amide bonds. The van der Waals surface area contributed by atoms with Gasteiger partial charge in [0.1, 0.15) is 11.9 Å². The molecule has 158 valence electrons. The minimum Gasteiger partial charge on any atom is -0.481 e. The number of nitrogens with one attached hydrogen (secondary N) is 1. The van der Waals surface area contributed by atoms with E-state index < -0.39 is 17.7 Å². The van der Waals surface area contributed by atoms with Crippen molar-refractivity contribution in [3.63, 3.8) is 0 Å². The maximum atomic E-state index is 12.3. The number of aliphatic carboxylic acids is 1. The minimum atomic E-state index is -1.18. The van der Waals surface area contributed by atoms with Gasteiger partial charge in [-0.3, -0.25) is 20.0 Å². The third-order valence-corrected chi connectivity index (χ3v) is 5.75. The first-order chi connectivity index (χ1) is 13.7. The summed E-state index contributed by atoms with van der Waals surface area (Å²) in [7, 11) is 0. The third-order valence-electron chi connectivity index (χ3n) is 5.75. The molecule has 3 unspecified atom stereocenters. The van der Waals surface area contributed by atoms with Crippen LogP contribution < -0.4 is 10.6 Å². The van der Waals surface area contributed by atoms with Crippen LogP contribution in [-0.2, 0) is 9.53 Å². The zero-order chi connectivity index (χ0) is 21.2. The summed E-state index contributed by atoms with van der Waals surface area (Å²) < 4.78 is 5.54. The molecule has 0 aromatic heterocycles. The Morgan fingerprint density at radius 3 is 2.66 bits per heavy atom. The zero-order valence-corrected chi connectivity index (χ0v) is 16.5. The van der Waals surface area contributed by atoms with Gasteiger partial charge < -0.3 is 20.7 Å². The summed E-state index contributed by atoms with van der Waals surface area (Å²) >= 11 is 0. The summed E-state index contributed by atoms with van der Waals surface area (Å²) in [5, 5.41) is 27.1. The topological polar surface area (TPSA) is 140 Å². The molecule has 0 spiro atoms. The maximum absolute atomic E-state index is 12.3. The van der Waals surface area contributed by atoms with Crippen LogP contribution in [0.25, 0.3) is 0 Å². The van der Waals surface area contributed by atoms with Gasteiger partial charge in [0.15, 0.2) is 0 Å². The lowest BCUT2D eigenvalue weighted by Crippen LogP contribution is -2.53. The number of nitrogen functional groups attached to an aromatic ring is 1. The summed E-state index contributed by atoms with van der Waals surface area (Å²) in [6, 6.07) is 6.90. The lowest BCUT2D eigenvalue weighted by Gasteiger charge is -2.43.